The Morgan fingerprint density at radius 3 is 1.52 bits per heavy atom. The molecule has 56 heavy (non-hydrogen) atoms. The van der Waals surface area contributed by atoms with Gasteiger partial charge in [0.15, 0.2) is 0 Å². The zero-order chi connectivity index (χ0) is 41.2. The molecular formula is C47H72N2O7. The Morgan fingerprint density at radius 2 is 1.02 bits per heavy atom. The molecule has 0 saturated heterocycles. The quantitative estimate of drug-likeness (QED) is 0.0285. The molecule has 0 aromatic rings. The molecule has 0 bridgehead atoms. The number of rotatable bonds is 35. The fourth-order valence-electron chi connectivity index (χ4n) is 5.12. The molecule has 0 spiro atoms. The third-order valence-corrected chi connectivity index (χ3v) is 8.25. The van der Waals surface area contributed by atoms with Gasteiger partial charge < -0.3 is 25.6 Å². The topological polar surface area (TPSA) is 142 Å². The van der Waals surface area contributed by atoms with E-state index in [1.165, 1.54) is 0 Å². The molecule has 0 fully saturated rings. The Balaban J connectivity index is 4.39. The fraction of sp³-hybridized carbons (Fsp3) is 0.532. The van der Waals surface area contributed by atoms with Crippen molar-refractivity contribution in [3.8, 4) is 0 Å². The van der Waals surface area contributed by atoms with E-state index >= 15 is 0 Å². The second-order valence-electron chi connectivity index (χ2n) is 13.3. The minimum absolute atomic E-state index is 0.183. The van der Waals surface area contributed by atoms with Crippen LogP contribution in [0.3, 0.4) is 0 Å². The van der Waals surface area contributed by atoms with E-state index in [1.807, 2.05) is 12.2 Å². The SMILES string of the molecule is CC/C=C\C/C=C\C/C=C\C/C=C\C/C=C\C/C=C\CCCCC(=O)OC(/C=C\C/C=C\C/C=C\CC)CCCCCCC(=O)NCC(=O)NC(CO)C(=O)O. The van der Waals surface area contributed by atoms with E-state index in [4.69, 9.17) is 14.9 Å². The summed E-state index contributed by atoms with van der Waals surface area (Å²) in [4.78, 5) is 47.5. The molecule has 4 N–H and O–H groups in total. The van der Waals surface area contributed by atoms with Gasteiger partial charge in [-0.3, -0.25) is 14.4 Å². The van der Waals surface area contributed by atoms with Gasteiger partial charge in [-0.1, -0.05) is 130 Å². The van der Waals surface area contributed by atoms with Crippen LogP contribution in [-0.2, 0) is 23.9 Å². The molecule has 9 nitrogen and oxygen atoms in total. The maximum absolute atomic E-state index is 12.7. The van der Waals surface area contributed by atoms with E-state index in [9.17, 15) is 19.2 Å². The number of aliphatic carboxylic acids is 1. The van der Waals surface area contributed by atoms with E-state index in [-0.39, 0.29) is 30.9 Å². The first-order chi connectivity index (χ1) is 27.3. The van der Waals surface area contributed by atoms with Gasteiger partial charge in [-0.2, -0.15) is 0 Å². The molecule has 0 aliphatic heterocycles. The van der Waals surface area contributed by atoms with Crippen molar-refractivity contribution in [1.29, 1.82) is 0 Å². The molecule has 2 amide bonds. The van der Waals surface area contributed by atoms with Crippen LogP contribution < -0.4 is 10.6 Å². The van der Waals surface area contributed by atoms with Gasteiger partial charge in [0.1, 0.15) is 12.1 Å². The number of aliphatic hydroxyl groups is 1. The van der Waals surface area contributed by atoms with E-state index in [0.29, 0.717) is 19.3 Å². The molecule has 2 unspecified atom stereocenters. The van der Waals surface area contributed by atoms with Crippen molar-refractivity contribution in [2.45, 2.75) is 148 Å². The normalized spacial score (nSPS) is 13.6. The highest BCUT2D eigenvalue weighted by Gasteiger charge is 2.18. The van der Waals surface area contributed by atoms with Crippen molar-refractivity contribution in [1.82, 2.24) is 10.6 Å². The smallest absolute Gasteiger partial charge is 0.328 e. The second-order valence-corrected chi connectivity index (χ2v) is 13.3. The van der Waals surface area contributed by atoms with Crippen molar-refractivity contribution in [2.24, 2.45) is 0 Å². The number of allylic oxidation sites excluding steroid dienone is 17. The van der Waals surface area contributed by atoms with Crippen molar-refractivity contribution >= 4 is 23.8 Å². The van der Waals surface area contributed by atoms with Crippen LogP contribution in [0.2, 0.25) is 0 Å². The predicted molar refractivity (Wildman–Crippen MR) is 231 cm³/mol. The van der Waals surface area contributed by atoms with Gasteiger partial charge in [-0.05, 0) is 102 Å². The summed E-state index contributed by atoms with van der Waals surface area (Å²) in [6.45, 7) is 3.17. The molecule has 0 aliphatic carbocycles. The van der Waals surface area contributed by atoms with E-state index in [2.05, 4.69) is 122 Å². The fourth-order valence-corrected chi connectivity index (χ4v) is 5.12. The van der Waals surface area contributed by atoms with Crippen molar-refractivity contribution in [3.05, 3.63) is 109 Å². The van der Waals surface area contributed by atoms with Crippen LogP contribution in [0.1, 0.15) is 136 Å². The first-order valence-corrected chi connectivity index (χ1v) is 20.8. The summed E-state index contributed by atoms with van der Waals surface area (Å²) in [7, 11) is 0. The van der Waals surface area contributed by atoms with Gasteiger partial charge in [-0.15, -0.1) is 0 Å². The van der Waals surface area contributed by atoms with Crippen molar-refractivity contribution < 1.29 is 34.1 Å². The van der Waals surface area contributed by atoms with Gasteiger partial charge in [0, 0.05) is 12.8 Å². The van der Waals surface area contributed by atoms with E-state index in [0.717, 1.165) is 96.3 Å². The van der Waals surface area contributed by atoms with E-state index in [1.54, 1.807) is 0 Å². The summed E-state index contributed by atoms with van der Waals surface area (Å²) in [5, 5.41) is 22.5. The Labute approximate surface area is 338 Å². The summed E-state index contributed by atoms with van der Waals surface area (Å²) in [6.07, 6.45) is 54.3. The Bertz CT molecular complexity index is 1300. The van der Waals surface area contributed by atoms with Gasteiger partial charge in [0.05, 0.1) is 13.2 Å². The zero-order valence-corrected chi connectivity index (χ0v) is 34.3. The van der Waals surface area contributed by atoms with Crippen LogP contribution in [0, 0.1) is 0 Å². The highest BCUT2D eigenvalue weighted by atomic mass is 16.5. The number of esters is 1. The van der Waals surface area contributed by atoms with Gasteiger partial charge in [-0.25, -0.2) is 4.79 Å². The Hall–Kier alpha value is -4.50. The van der Waals surface area contributed by atoms with Gasteiger partial charge in [0.25, 0.3) is 0 Å². The standard InChI is InChI=1S/C47H72N2O7/c1-3-5-7-9-11-13-14-15-16-17-18-19-20-21-22-23-24-25-27-29-35-39-46(53)56-42(36-32-28-26-12-10-8-6-4-2)37-33-30-31-34-38-44(51)48-40-45(52)49-43(41-50)47(54)55/h5-8,11-13,15-16,18-19,21-22,24-26,32,36,42-43,50H,3-4,9-10,14,17,20,23,27-31,33-35,37-41H2,1-2H3,(H,48,51)(H,49,52)(H,54,55)/b7-5-,8-6-,13-11-,16-15-,19-18-,22-21-,25-24-,26-12-,36-32-. The number of aliphatic hydroxyl groups excluding tert-OH is 1. The maximum atomic E-state index is 12.7. The number of carboxylic acid groups (broad SMARTS) is 1. The molecule has 312 valence electrons. The van der Waals surface area contributed by atoms with Crippen LogP contribution in [-0.4, -0.2) is 59.3 Å². The summed E-state index contributed by atoms with van der Waals surface area (Å²) in [5.74, 6) is -2.51. The van der Waals surface area contributed by atoms with Crippen LogP contribution in [0.5, 0.6) is 0 Å². The number of carbonyl (C=O) groups is 4. The number of ether oxygens (including phenoxy) is 1. The molecule has 0 aromatic heterocycles. The number of unbranched alkanes of at least 4 members (excludes halogenated alkanes) is 5. The van der Waals surface area contributed by atoms with E-state index < -0.39 is 24.5 Å². The lowest BCUT2D eigenvalue weighted by Gasteiger charge is -2.14. The molecule has 2 atom stereocenters. The minimum Gasteiger partial charge on any atom is -0.480 e. The highest BCUT2D eigenvalue weighted by molar-refractivity contribution is 5.87. The van der Waals surface area contributed by atoms with Crippen LogP contribution >= 0.6 is 0 Å². The molecular weight excluding hydrogens is 705 g/mol. The zero-order valence-electron chi connectivity index (χ0n) is 34.3. The van der Waals surface area contributed by atoms with Crippen LogP contribution in [0.25, 0.3) is 0 Å². The first kappa shape index (κ1) is 51.5. The molecule has 0 saturated carbocycles. The number of carbonyl (C=O) groups excluding carboxylic acids is 3. The molecule has 0 aliphatic rings. The van der Waals surface area contributed by atoms with Gasteiger partial charge in [0.2, 0.25) is 11.8 Å². The number of amides is 2. The third-order valence-electron chi connectivity index (χ3n) is 8.25. The maximum Gasteiger partial charge on any atom is 0.328 e. The minimum atomic E-state index is -1.40. The van der Waals surface area contributed by atoms with Crippen molar-refractivity contribution in [2.75, 3.05) is 13.2 Å². The molecule has 0 rings (SSSR count). The monoisotopic (exact) mass is 777 g/mol. The lowest BCUT2D eigenvalue weighted by molar-refractivity contribution is -0.147. The largest absolute Gasteiger partial charge is 0.480 e. The Morgan fingerprint density at radius 1 is 0.554 bits per heavy atom. The number of nitrogens with one attached hydrogen (secondary N) is 2. The molecule has 0 aromatic carbocycles. The number of hydrogen-bond acceptors (Lipinski definition) is 6. The summed E-state index contributed by atoms with van der Waals surface area (Å²) in [5.41, 5.74) is 0. The van der Waals surface area contributed by atoms with Gasteiger partial charge >= 0.3 is 11.9 Å². The summed E-state index contributed by atoms with van der Waals surface area (Å²) in [6, 6.07) is -1.40. The van der Waals surface area contributed by atoms with Crippen LogP contribution in [0.4, 0.5) is 0 Å². The number of carboxylic acids is 1. The van der Waals surface area contributed by atoms with Crippen LogP contribution in [0.15, 0.2) is 109 Å². The third kappa shape index (κ3) is 36.5. The lowest BCUT2D eigenvalue weighted by atomic mass is 10.1. The molecule has 0 radical (unpaired) electrons. The highest BCUT2D eigenvalue weighted by Crippen LogP contribution is 2.13. The Kier molecular flexibility index (Phi) is 36.9. The average molecular weight is 777 g/mol. The first-order valence-electron chi connectivity index (χ1n) is 20.8. The second kappa shape index (κ2) is 40.2. The molecule has 9 heteroatoms. The summed E-state index contributed by atoms with van der Waals surface area (Å²) >= 11 is 0. The van der Waals surface area contributed by atoms with Crippen molar-refractivity contribution in [3.63, 3.8) is 0 Å². The predicted octanol–water partition coefficient (Wildman–Crippen LogP) is 10.0. The lowest BCUT2D eigenvalue weighted by Crippen LogP contribution is -2.47. The number of hydrogen-bond donors (Lipinski definition) is 4. The average Bonchev–Trinajstić information content (AvgIpc) is 3.18. The summed E-state index contributed by atoms with van der Waals surface area (Å²) < 4.78 is 5.85. The molecule has 0 heterocycles.